The van der Waals surface area contributed by atoms with Gasteiger partial charge in [0.2, 0.25) is 5.91 Å². The number of carbonyl (C=O) groups is 3. The molecule has 2 heterocycles. The summed E-state index contributed by atoms with van der Waals surface area (Å²) in [5, 5.41) is 16.7. The van der Waals surface area contributed by atoms with Crippen LogP contribution in [0.15, 0.2) is 48.2 Å². The van der Waals surface area contributed by atoms with Crippen molar-refractivity contribution in [2.24, 2.45) is 0 Å². The third-order valence-electron chi connectivity index (χ3n) is 5.50. The van der Waals surface area contributed by atoms with Crippen molar-refractivity contribution in [3.8, 4) is 5.75 Å². The van der Waals surface area contributed by atoms with Crippen LogP contribution in [0.4, 0.5) is 21.9 Å². The van der Waals surface area contributed by atoms with E-state index in [1.165, 1.54) is 19.3 Å². The molecule has 0 atom stereocenters. The molecule has 0 bridgehead atoms. The number of imide groups is 1. The van der Waals surface area contributed by atoms with Gasteiger partial charge >= 0.3 is 6.03 Å². The summed E-state index contributed by atoms with van der Waals surface area (Å²) in [6, 6.07) is 10.5. The van der Waals surface area contributed by atoms with Crippen molar-refractivity contribution in [2.75, 3.05) is 50.2 Å². The summed E-state index contributed by atoms with van der Waals surface area (Å²) >= 11 is 0. The normalized spacial score (nSPS) is 16.9. The minimum absolute atomic E-state index is 0.0893. The predicted molar refractivity (Wildman–Crippen MR) is 126 cm³/mol. The Labute approximate surface area is 200 Å². The molecule has 2 aromatic carbocycles. The van der Waals surface area contributed by atoms with Crippen molar-refractivity contribution in [1.29, 1.82) is 0 Å². The number of hydrogen-bond acceptors (Lipinski definition) is 8. The summed E-state index contributed by atoms with van der Waals surface area (Å²) in [6.07, 6.45) is 1.34. The van der Waals surface area contributed by atoms with Gasteiger partial charge in [-0.25, -0.2) is 9.69 Å². The fraction of sp³-hybridized carbons (Fsp3) is 0.261. The van der Waals surface area contributed by atoms with Crippen LogP contribution in [-0.2, 0) is 14.3 Å². The first-order valence-corrected chi connectivity index (χ1v) is 10.8. The zero-order valence-corrected chi connectivity index (χ0v) is 18.9. The van der Waals surface area contributed by atoms with Gasteiger partial charge in [0.25, 0.3) is 11.6 Å². The number of para-hydroxylation sites is 2. The number of amides is 4. The third kappa shape index (κ3) is 5.22. The fourth-order valence-electron chi connectivity index (χ4n) is 3.81. The lowest BCUT2D eigenvalue weighted by Gasteiger charge is -2.28. The Balaban J connectivity index is 1.49. The summed E-state index contributed by atoms with van der Waals surface area (Å²) in [5.41, 5.74) is 1.00. The van der Waals surface area contributed by atoms with Gasteiger partial charge in [0.05, 0.1) is 30.9 Å². The van der Waals surface area contributed by atoms with E-state index in [0.717, 1.165) is 4.90 Å². The van der Waals surface area contributed by atoms with E-state index in [0.29, 0.717) is 49.0 Å². The summed E-state index contributed by atoms with van der Waals surface area (Å²) in [7, 11) is 1.46. The van der Waals surface area contributed by atoms with Crippen LogP contribution in [0.1, 0.15) is 5.56 Å². The number of ether oxygens (including phenoxy) is 2. The van der Waals surface area contributed by atoms with Crippen molar-refractivity contribution in [3.63, 3.8) is 0 Å². The second-order valence-electron chi connectivity index (χ2n) is 7.73. The highest BCUT2D eigenvalue weighted by molar-refractivity contribution is 6.16. The molecule has 4 rings (SSSR count). The van der Waals surface area contributed by atoms with E-state index in [4.69, 9.17) is 9.47 Å². The van der Waals surface area contributed by atoms with Crippen LogP contribution >= 0.6 is 0 Å². The quantitative estimate of drug-likeness (QED) is 0.264. The molecule has 12 heteroatoms. The Morgan fingerprint density at radius 2 is 1.97 bits per heavy atom. The lowest BCUT2D eigenvalue weighted by molar-refractivity contribution is -0.384. The average Bonchev–Trinajstić information content (AvgIpc) is 3.12. The molecule has 35 heavy (non-hydrogen) atoms. The molecular formula is C23H23N5O7. The largest absolute Gasteiger partial charge is 0.495 e. The molecule has 4 amide bonds. The van der Waals surface area contributed by atoms with Gasteiger partial charge in [-0.1, -0.05) is 18.2 Å². The smallest absolute Gasteiger partial charge is 0.329 e. The molecule has 2 aliphatic rings. The van der Waals surface area contributed by atoms with E-state index in [-0.39, 0.29) is 11.4 Å². The number of nitro benzene ring substituents is 1. The molecule has 0 spiro atoms. The Hall–Kier alpha value is -4.45. The minimum Gasteiger partial charge on any atom is -0.495 e. The van der Waals surface area contributed by atoms with Gasteiger partial charge in [0.1, 0.15) is 23.7 Å². The number of rotatable bonds is 7. The Morgan fingerprint density at radius 1 is 1.23 bits per heavy atom. The number of carbonyl (C=O) groups excluding carboxylic acids is 3. The molecule has 2 aromatic rings. The van der Waals surface area contributed by atoms with Gasteiger partial charge in [-0.3, -0.25) is 19.7 Å². The number of urea groups is 1. The first kappa shape index (κ1) is 23.7. The molecule has 0 radical (unpaired) electrons. The number of methoxy groups -OCH3 is 1. The molecular weight excluding hydrogens is 458 g/mol. The summed E-state index contributed by atoms with van der Waals surface area (Å²) < 4.78 is 10.5. The number of nitrogens with zero attached hydrogens (tertiary/aromatic N) is 3. The first-order valence-electron chi connectivity index (χ1n) is 10.8. The lowest BCUT2D eigenvalue weighted by Crippen LogP contribution is -2.38. The highest BCUT2D eigenvalue weighted by atomic mass is 16.6. The van der Waals surface area contributed by atoms with Crippen molar-refractivity contribution in [3.05, 3.63) is 63.8 Å². The van der Waals surface area contributed by atoms with Gasteiger partial charge in [-0.15, -0.1) is 0 Å². The van der Waals surface area contributed by atoms with Crippen LogP contribution in [0.3, 0.4) is 0 Å². The Morgan fingerprint density at radius 3 is 2.69 bits per heavy atom. The van der Waals surface area contributed by atoms with E-state index in [9.17, 15) is 24.5 Å². The summed E-state index contributed by atoms with van der Waals surface area (Å²) in [6.45, 7) is 1.49. The Bertz CT molecular complexity index is 1210. The molecule has 2 saturated heterocycles. The number of nitrogens with one attached hydrogen (secondary N) is 2. The maximum atomic E-state index is 12.8. The molecule has 0 aromatic heterocycles. The van der Waals surface area contributed by atoms with Crippen LogP contribution in [0.25, 0.3) is 6.08 Å². The topological polar surface area (TPSA) is 143 Å². The minimum atomic E-state index is -0.768. The SMILES string of the molecule is COc1ccccc1NC(=O)CN1C(=O)N/C(=C/c2ccc(N3CCOCC3)c([N+](=O)[O-])c2)C1=O. The fourth-order valence-corrected chi connectivity index (χ4v) is 3.81. The number of hydrogen-bond donors (Lipinski definition) is 2. The Kier molecular flexibility index (Phi) is 6.92. The highest BCUT2D eigenvalue weighted by Gasteiger charge is 2.35. The third-order valence-corrected chi connectivity index (χ3v) is 5.50. The number of morpholine rings is 1. The van der Waals surface area contributed by atoms with Crippen LogP contribution in [0.5, 0.6) is 5.75 Å². The van der Waals surface area contributed by atoms with E-state index in [1.807, 2.05) is 4.90 Å². The van der Waals surface area contributed by atoms with Gasteiger partial charge in [0, 0.05) is 19.2 Å². The van der Waals surface area contributed by atoms with Crippen molar-refractivity contribution >= 4 is 41.0 Å². The maximum absolute atomic E-state index is 12.8. The van der Waals surface area contributed by atoms with Crippen LogP contribution in [0, 0.1) is 10.1 Å². The molecule has 0 saturated carbocycles. The molecule has 12 nitrogen and oxygen atoms in total. The molecule has 2 aliphatic heterocycles. The van der Waals surface area contributed by atoms with Gasteiger partial charge in [-0.2, -0.15) is 0 Å². The van der Waals surface area contributed by atoms with Crippen molar-refractivity contribution in [1.82, 2.24) is 10.2 Å². The first-order chi connectivity index (χ1) is 16.9. The monoisotopic (exact) mass is 481 g/mol. The standard InChI is InChI=1S/C23H23N5O7/c1-34-20-5-3-2-4-16(20)24-21(29)14-27-22(30)17(25-23(27)31)12-15-6-7-18(19(13-15)28(32)33)26-8-10-35-11-9-26/h2-7,12-13H,8-11,14H2,1H3,(H,24,29)(H,25,31)/b17-12+. The zero-order valence-electron chi connectivity index (χ0n) is 18.9. The zero-order chi connectivity index (χ0) is 24.9. The molecule has 0 aliphatic carbocycles. The van der Waals surface area contributed by atoms with E-state index < -0.39 is 29.3 Å². The molecule has 182 valence electrons. The number of anilines is 2. The van der Waals surface area contributed by atoms with Crippen LogP contribution < -0.4 is 20.3 Å². The molecule has 2 N–H and O–H groups in total. The van der Waals surface area contributed by atoms with E-state index in [2.05, 4.69) is 10.6 Å². The maximum Gasteiger partial charge on any atom is 0.329 e. The molecule has 0 unspecified atom stereocenters. The second-order valence-corrected chi connectivity index (χ2v) is 7.73. The van der Waals surface area contributed by atoms with Gasteiger partial charge < -0.3 is 25.0 Å². The predicted octanol–water partition coefficient (Wildman–Crippen LogP) is 1.97. The second kappa shape index (κ2) is 10.2. The van der Waals surface area contributed by atoms with Crippen LogP contribution in [0.2, 0.25) is 0 Å². The lowest BCUT2D eigenvalue weighted by atomic mass is 10.1. The molecule has 2 fully saturated rings. The average molecular weight is 481 g/mol. The van der Waals surface area contributed by atoms with Crippen molar-refractivity contribution in [2.45, 2.75) is 0 Å². The van der Waals surface area contributed by atoms with E-state index in [1.54, 1.807) is 36.4 Å². The summed E-state index contributed by atoms with van der Waals surface area (Å²) in [5.74, 6) is -0.879. The van der Waals surface area contributed by atoms with Gasteiger partial charge in [0.15, 0.2) is 0 Å². The number of benzene rings is 2. The van der Waals surface area contributed by atoms with Crippen LogP contribution in [-0.4, -0.2) is 67.6 Å². The van der Waals surface area contributed by atoms with Crippen molar-refractivity contribution < 1.29 is 28.8 Å². The highest BCUT2D eigenvalue weighted by Crippen LogP contribution is 2.31. The van der Waals surface area contributed by atoms with E-state index >= 15 is 0 Å². The summed E-state index contributed by atoms with van der Waals surface area (Å²) in [4.78, 5) is 51.4. The number of nitro groups is 1. The van der Waals surface area contributed by atoms with Gasteiger partial charge in [-0.05, 0) is 29.8 Å².